The van der Waals surface area contributed by atoms with Gasteiger partial charge in [0.25, 0.3) is 5.91 Å². The summed E-state index contributed by atoms with van der Waals surface area (Å²) in [6.07, 6.45) is 3.30. The summed E-state index contributed by atoms with van der Waals surface area (Å²) in [6.45, 7) is 14.6. The summed E-state index contributed by atoms with van der Waals surface area (Å²) in [7, 11) is 0. The molecule has 3 aliphatic heterocycles. The van der Waals surface area contributed by atoms with E-state index < -0.39 is 0 Å². The molecule has 0 bridgehead atoms. The van der Waals surface area contributed by atoms with Crippen LogP contribution in [0.4, 0.5) is 0 Å². The fourth-order valence-electron chi connectivity index (χ4n) is 6.64. The van der Waals surface area contributed by atoms with Gasteiger partial charge in [-0.05, 0) is 56.0 Å². The minimum Gasteiger partial charge on any atom is -0.342 e. The summed E-state index contributed by atoms with van der Waals surface area (Å²) in [5.74, 6) is 2.89. The van der Waals surface area contributed by atoms with Crippen LogP contribution in [0, 0.1) is 37.5 Å². The molecular formula is C30H41N5O2. The number of carbonyl (C=O) groups excluding carboxylic acids is 2. The SMILES string of the molecule is Cc1ncnc(C)c1C(=O)N1CC2CN(CCC(c3ccccc3)C3CN(C(=O)CC(C)C)C3)CC2C1. The Morgan fingerprint density at radius 1 is 0.892 bits per heavy atom. The topological polar surface area (TPSA) is 69.6 Å². The van der Waals surface area contributed by atoms with E-state index in [2.05, 4.69) is 59.0 Å². The second-order valence-electron chi connectivity index (χ2n) is 11.9. The number of hydrogen-bond donors (Lipinski definition) is 0. The minimum atomic E-state index is 0.0854. The van der Waals surface area contributed by atoms with Crippen molar-refractivity contribution in [3.63, 3.8) is 0 Å². The smallest absolute Gasteiger partial charge is 0.257 e. The number of hydrogen-bond acceptors (Lipinski definition) is 5. The van der Waals surface area contributed by atoms with Gasteiger partial charge < -0.3 is 14.7 Å². The Labute approximate surface area is 221 Å². The highest BCUT2D eigenvalue weighted by atomic mass is 16.2. The van der Waals surface area contributed by atoms with E-state index in [-0.39, 0.29) is 5.91 Å². The number of likely N-dealkylation sites (tertiary alicyclic amines) is 3. The molecule has 0 spiro atoms. The summed E-state index contributed by atoms with van der Waals surface area (Å²) < 4.78 is 0. The maximum atomic E-state index is 13.2. The summed E-state index contributed by atoms with van der Waals surface area (Å²) in [5, 5.41) is 0. The lowest BCUT2D eigenvalue weighted by Gasteiger charge is -2.44. The molecule has 0 aliphatic carbocycles. The molecule has 7 nitrogen and oxygen atoms in total. The molecular weight excluding hydrogens is 462 g/mol. The van der Waals surface area contributed by atoms with Crippen LogP contribution >= 0.6 is 0 Å². The second kappa shape index (κ2) is 10.9. The van der Waals surface area contributed by atoms with Gasteiger partial charge in [0.2, 0.25) is 5.91 Å². The number of carbonyl (C=O) groups is 2. The molecule has 1 aromatic carbocycles. The quantitative estimate of drug-likeness (QED) is 0.549. The molecule has 2 aromatic rings. The molecule has 4 heterocycles. The second-order valence-corrected chi connectivity index (χ2v) is 11.9. The van der Waals surface area contributed by atoms with Crippen LogP contribution in [0.25, 0.3) is 0 Å². The fourth-order valence-corrected chi connectivity index (χ4v) is 6.64. The molecule has 2 amide bonds. The molecule has 3 atom stereocenters. The molecule has 3 unspecified atom stereocenters. The Morgan fingerprint density at radius 3 is 2.11 bits per heavy atom. The number of nitrogens with zero attached hydrogens (tertiary/aromatic N) is 5. The lowest BCUT2D eigenvalue weighted by Crippen LogP contribution is -2.52. The van der Waals surface area contributed by atoms with Crippen LogP contribution in [0.5, 0.6) is 0 Å². The van der Waals surface area contributed by atoms with E-state index in [0.717, 1.165) is 63.6 Å². The number of rotatable bonds is 8. The monoisotopic (exact) mass is 503 g/mol. The average molecular weight is 504 g/mol. The summed E-state index contributed by atoms with van der Waals surface area (Å²) >= 11 is 0. The Balaban J connectivity index is 1.15. The lowest BCUT2D eigenvalue weighted by atomic mass is 9.78. The van der Waals surface area contributed by atoms with Crippen molar-refractivity contribution in [2.45, 2.75) is 46.5 Å². The first-order chi connectivity index (χ1) is 17.8. The van der Waals surface area contributed by atoms with Crippen molar-refractivity contribution in [3.05, 3.63) is 59.2 Å². The molecule has 37 heavy (non-hydrogen) atoms. The van der Waals surface area contributed by atoms with Gasteiger partial charge in [0, 0.05) is 51.6 Å². The highest BCUT2D eigenvalue weighted by molar-refractivity contribution is 5.96. The fraction of sp³-hybridized carbons (Fsp3) is 0.600. The van der Waals surface area contributed by atoms with Crippen molar-refractivity contribution in [1.82, 2.24) is 24.7 Å². The van der Waals surface area contributed by atoms with Gasteiger partial charge in [-0.2, -0.15) is 0 Å². The molecule has 3 aliphatic rings. The molecule has 3 saturated heterocycles. The van der Waals surface area contributed by atoms with Crippen molar-refractivity contribution < 1.29 is 9.59 Å². The largest absolute Gasteiger partial charge is 0.342 e. The van der Waals surface area contributed by atoms with Crippen molar-refractivity contribution in [2.75, 3.05) is 45.8 Å². The van der Waals surface area contributed by atoms with Crippen LogP contribution in [0.2, 0.25) is 0 Å². The first-order valence-electron chi connectivity index (χ1n) is 13.9. The number of aromatic nitrogens is 2. The predicted molar refractivity (Wildman–Crippen MR) is 144 cm³/mol. The minimum absolute atomic E-state index is 0.0854. The van der Waals surface area contributed by atoms with E-state index in [1.54, 1.807) is 0 Å². The van der Waals surface area contributed by atoms with Gasteiger partial charge in [0.1, 0.15) is 6.33 Å². The third-order valence-electron chi connectivity index (χ3n) is 8.69. The Hall–Kier alpha value is -2.80. The van der Waals surface area contributed by atoms with Crippen molar-refractivity contribution in [3.8, 4) is 0 Å². The predicted octanol–water partition coefficient (Wildman–Crippen LogP) is 3.78. The number of benzene rings is 1. The zero-order valence-corrected chi connectivity index (χ0v) is 22.8. The van der Waals surface area contributed by atoms with Crippen LogP contribution in [-0.4, -0.2) is 82.3 Å². The van der Waals surface area contributed by atoms with Crippen LogP contribution in [-0.2, 0) is 4.79 Å². The maximum Gasteiger partial charge on any atom is 0.257 e. The Kier molecular flexibility index (Phi) is 7.61. The normalized spacial score (nSPS) is 22.8. The van der Waals surface area contributed by atoms with Crippen LogP contribution < -0.4 is 0 Å². The van der Waals surface area contributed by atoms with E-state index in [9.17, 15) is 9.59 Å². The number of amides is 2. The molecule has 5 rings (SSSR count). The highest BCUT2D eigenvalue weighted by Gasteiger charge is 2.43. The van der Waals surface area contributed by atoms with Crippen molar-refractivity contribution >= 4 is 11.8 Å². The van der Waals surface area contributed by atoms with E-state index in [4.69, 9.17) is 0 Å². The summed E-state index contributed by atoms with van der Waals surface area (Å²) in [5.41, 5.74) is 3.61. The van der Waals surface area contributed by atoms with Gasteiger partial charge in [0.05, 0.1) is 17.0 Å². The molecule has 7 heteroatoms. The maximum absolute atomic E-state index is 13.2. The van der Waals surface area contributed by atoms with Crippen molar-refractivity contribution in [2.24, 2.45) is 23.7 Å². The molecule has 0 saturated carbocycles. The van der Waals surface area contributed by atoms with Gasteiger partial charge >= 0.3 is 0 Å². The molecule has 1 aromatic heterocycles. The summed E-state index contributed by atoms with van der Waals surface area (Å²) in [4.78, 5) is 40.9. The molecule has 0 N–H and O–H groups in total. The van der Waals surface area contributed by atoms with Crippen LogP contribution in [0.15, 0.2) is 36.7 Å². The first kappa shape index (κ1) is 25.8. The number of aryl methyl sites for hydroxylation is 2. The van der Waals surface area contributed by atoms with Gasteiger partial charge in [-0.25, -0.2) is 9.97 Å². The Bertz CT molecular complexity index is 1080. The van der Waals surface area contributed by atoms with Gasteiger partial charge in [-0.15, -0.1) is 0 Å². The van der Waals surface area contributed by atoms with E-state index in [1.165, 1.54) is 11.9 Å². The third kappa shape index (κ3) is 5.57. The molecule has 3 fully saturated rings. The Morgan fingerprint density at radius 2 is 1.51 bits per heavy atom. The first-order valence-corrected chi connectivity index (χ1v) is 13.9. The molecule has 198 valence electrons. The highest BCUT2D eigenvalue weighted by Crippen LogP contribution is 2.37. The third-order valence-corrected chi connectivity index (χ3v) is 8.69. The number of fused-ring (bicyclic) bond motifs is 1. The summed E-state index contributed by atoms with van der Waals surface area (Å²) in [6, 6.07) is 10.9. The van der Waals surface area contributed by atoms with Gasteiger partial charge in [-0.3, -0.25) is 9.59 Å². The average Bonchev–Trinajstić information content (AvgIpc) is 3.39. The van der Waals surface area contributed by atoms with Gasteiger partial charge in [-0.1, -0.05) is 44.2 Å². The standard InChI is InChI=1S/C30H41N5O2/c1-20(2)12-28(36)34-17-26(18-34)27(23-8-6-5-7-9-23)10-11-33-13-24-15-35(16-25(24)14-33)30(37)29-21(3)31-19-32-22(29)4/h5-9,19-20,24-27H,10-18H2,1-4H3. The van der Waals surface area contributed by atoms with E-state index >= 15 is 0 Å². The van der Waals surface area contributed by atoms with Crippen LogP contribution in [0.1, 0.15) is 59.9 Å². The van der Waals surface area contributed by atoms with E-state index in [0.29, 0.717) is 47.5 Å². The van der Waals surface area contributed by atoms with Crippen molar-refractivity contribution in [1.29, 1.82) is 0 Å². The van der Waals surface area contributed by atoms with Gasteiger partial charge in [0.15, 0.2) is 0 Å². The van der Waals surface area contributed by atoms with Crippen LogP contribution in [0.3, 0.4) is 0 Å². The zero-order valence-electron chi connectivity index (χ0n) is 22.8. The van der Waals surface area contributed by atoms with E-state index in [1.807, 2.05) is 23.6 Å². The lowest BCUT2D eigenvalue weighted by molar-refractivity contribution is -0.139. The zero-order chi connectivity index (χ0) is 26.1. The molecule has 0 radical (unpaired) electrons.